The number of piperidine rings is 1. The maximum Gasteiger partial charge on any atom is 0.417 e. The van der Waals surface area contributed by atoms with Crippen LogP contribution < -0.4 is 4.74 Å². The van der Waals surface area contributed by atoms with Gasteiger partial charge in [0.2, 0.25) is 0 Å². The number of nitrogens with zero attached hydrogens (tertiary/aromatic N) is 1. The van der Waals surface area contributed by atoms with Crippen molar-refractivity contribution < 1.29 is 27.8 Å². The molecule has 1 aliphatic heterocycles. The summed E-state index contributed by atoms with van der Waals surface area (Å²) < 4.78 is 45.6. The van der Waals surface area contributed by atoms with Crippen molar-refractivity contribution in [3.63, 3.8) is 0 Å². The predicted octanol–water partition coefficient (Wildman–Crippen LogP) is 5.40. The minimum Gasteiger partial charge on any atom is -0.497 e. The Morgan fingerprint density at radius 2 is 1.93 bits per heavy atom. The van der Waals surface area contributed by atoms with Gasteiger partial charge in [0.1, 0.15) is 11.8 Å². The maximum atomic E-state index is 13.4. The van der Waals surface area contributed by atoms with Crippen LogP contribution in [0, 0.1) is 0 Å². The van der Waals surface area contributed by atoms with Crippen molar-refractivity contribution in [3.8, 4) is 5.75 Å². The zero-order valence-electron chi connectivity index (χ0n) is 15.7. The smallest absolute Gasteiger partial charge is 0.417 e. The summed E-state index contributed by atoms with van der Waals surface area (Å²) in [5, 5.41) is 9.32. The molecule has 156 valence electrons. The third kappa shape index (κ3) is 4.67. The van der Waals surface area contributed by atoms with E-state index in [1.54, 1.807) is 29.2 Å². The highest BCUT2D eigenvalue weighted by Gasteiger charge is 2.38. The Kier molecular flexibility index (Phi) is 6.39. The Bertz CT molecular complexity index is 888. The van der Waals surface area contributed by atoms with Crippen LogP contribution in [-0.2, 0) is 11.0 Å². The van der Waals surface area contributed by atoms with Crippen LogP contribution in [0.1, 0.15) is 42.0 Å². The largest absolute Gasteiger partial charge is 0.497 e. The van der Waals surface area contributed by atoms with Crippen LogP contribution in [0.15, 0.2) is 42.5 Å². The number of benzene rings is 2. The highest BCUT2D eigenvalue weighted by molar-refractivity contribution is 6.31. The van der Waals surface area contributed by atoms with Crippen LogP contribution in [0.3, 0.4) is 0 Å². The number of rotatable bonds is 5. The number of ether oxygens (including phenoxy) is 1. The molecule has 2 aromatic rings. The third-order valence-corrected chi connectivity index (χ3v) is 5.51. The van der Waals surface area contributed by atoms with Gasteiger partial charge in [0.25, 0.3) is 0 Å². The van der Waals surface area contributed by atoms with Crippen LogP contribution in [0.2, 0.25) is 5.02 Å². The number of likely N-dealkylation sites (tertiary alicyclic amines) is 1. The van der Waals surface area contributed by atoms with Crippen LogP contribution in [0.4, 0.5) is 13.2 Å². The van der Waals surface area contributed by atoms with Crippen LogP contribution >= 0.6 is 11.6 Å². The van der Waals surface area contributed by atoms with Crippen molar-refractivity contribution in [3.05, 3.63) is 64.2 Å². The molecule has 0 spiro atoms. The molecule has 4 nitrogen and oxygen atoms in total. The van der Waals surface area contributed by atoms with E-state index in [2.05, 4.69) is 0 Å². The summed E-state index contributed by atoms with van der Waals surface area (Å²) in [4.78, 5) is 13.6. The van der Waals surface area contributed by atoms with Crippen LogP contribution in [0.5, 0.6) is 5.75 Å². The first kappa shape index (κ1) is 21.5. The number of carbonyl (C=O) groups is 1. The van der Waals surface area contributed by atoms with Crippen molar-refractivity contribution in [1.29, 1.82) is 0 Å². The molecule has 1 saturated heterocycles. The first-order valence-corrected chi connectivity index (χ1v) is 9.59. The van der Waals surface area contributed by atoms with Gasteiger partial charge >= 0.3 is 12.1 Å². The summed E-state index contributed by atoms with van der Waals surface area (Å²) in [5.74, 6) is -0.441. The van der Waals surface area contributed by atoms with Gasteiger partial charge in [-0.2, -0.15) is 13.2 Å². The number of carboxylic acid groups (broad SMARTS) is 1. The quantitative estimate of drug-likeness (QED) is 0.694. The molecule has 0 amide bonds. The number of hydrogen-bond acceptors (Lipinski definition) is 3. The lowest BCUT2D eigenvalue weighted by Gasteiger charge is -2.40. The van der Waals surface area contributed by atoms with E-state index < -0.39 is 29.8 Å². The number of methoxy groups -OCH3 is 1. The lowest BCUT2D eigenvalue weighted by molar-refractivity contribution is -0.145. The molecule has 0 bridgehead atoms. The Morgan fingerprint density at radius 3 is 2.59 bits per heavy atom. The SMILES string of the molecule is COc1cccc(C(c2ccc(Cl)c(C(F)(F)F)c2)N2CCCCC2C(=O)O)c1. The average molecular weight is 428 g/mol. The first-order valence-electron chi connectivity index (χ1n) is 9.21. The van der Waals surface area contributed by atoms with E-state index in [4.69, 9.17) is 16.3 Å². The lowest BCUT2D eigenvalue weighted by atomic mass is 9.90. The fourth-order valence-electron chi connectivity index (χ4n) is 3.85. The molecule has 1 fully saturated rings. The summed E-state index contributed by atoms with van der Waals surface area (Å²) in [7, 11) is 1.50. The van der Waals surface area contributed by atoms with Crippen molar-refractivity contribution in [1.82, 2.24) is 4.90 Å². The van der Waals surface area contributed by atoms with E-state index in [0.717, 1.165) is 18.9 Å². The van der Waals surface area contributed by atoms with Crippen LogP contribution in [0.25, 0.3) is 0 Å². The van der Waals surface area contributed by atoms with E-state index >= 15 is 0 Å². The molecule has 1 heterocycles. The molecule has 2 atom stereocenters. The molecular formula is C21H21ClF3NO3. The van der Waals surface area contributed by atoms with Gasteiger partial charge in [-0.3, -0.25) is 9.69 Å². The zero-order valence-corrected chi connectivity index (χ0v) is 16.5. The van der Waals surface area contributed by atoms with E-state index in [9.17, 15) is 23.1 Å². The summed E-state index contributed by atoms with van der Waals surface area (Å²) in [6.45, 7) is 0.461. The van der Waals surface area contributed by atoms with E-state index in [-0.39, 0.29) is 5.02 Å². The van der Waals surface area contributed by atoms with Gasteiger partial charge in [0.05, 0.1) is 23.7 Å². The highest BCUT2D eigenvalue weighted by atomic mass is 35.5. The molecule has 3 rings (SSSR count). The number of carboxylic acids is 1. The average Bonchev–Trinajstić information content (AvgIpc) is 2.69. The molecule has 1 N–H and O–H groups in total. The lowest BCUT2D eigenvalue weighted by Crippen LogP contribution is -2.46. The van der Waals surface area contributed by atoms with Gasteiger partial charge in [-0.15, -0.1) is 0 Å². The van der Waals surface area contributed by atoms with Gasteiger partial charge in [-0.05, 0) is 54.8 Å². The topological polar surface area (TPSA) is 49.8 Å². The molecule has 0 aliphatic carbocycles. The molecule has 29 heavy (non-hydrogen) atoms. The second kappa shape index (κ2) is 8.63. The van der Waals surface area contributed by atoms with Gasteiger partial charge in [-0.1, -0.05) is 36.2 Å². The number of alkyl halides is 3. The fourth-order valence-corrected chi connectivity index (χ4v) is 4.07. The van der Waals surface area contributed by atoms with Crippen LogP contribution in [-0.4, -0.2) is 35.7 Å². The third-order valence-electron chi connectivity index (χ3n) is 5.18. The van der Waals surface area contributed by atoms with Crippen molar-refractivity contribution in [2.45, 2.75) is 37.5 Å². The van der Waals surface area contributed by atoms with Gasteiger partial charge in [0, 0.05) is 0 Å². The monoisotopic (exact) mass is 427 g/mol. The number of halogens is 4. The number of aliphatic carboxylic acids is 1. The maximum absolute atomic E-state index is 13.4. The first-order chi connectivity index (χ1) is 13.7. The summed E-state index contributed by atoms with van der Waals surface area (Å²) in [6, 6.07) is 9.25. The van der Waals surface area contributed by atoms with Crippen molar-refractivity contribution >= 4 is 17.6 Å². The Hall–Kier alpha value is -2.25. The second-order valence-electron chi connectivity index (χ2n) is 7.00. The van der Waals surface area contributed by atoms with Gasteiger partial charge in [0.15, 0.2) is 0 Å². The molecular weight excluding hydrogens is 407 g/mol. The minimum absolute atomic E-state index is 0.336. The fraction of sp³-hybridized carbons (Fsp3) is 0.381. The minimum atomic E-state index is -4.61. The second-order valence-corrected chi connectivity index (χ2v) is 7.41. The Labute approximate surface area is 171 Å². The molecule has 2 unspecified atom stereocenters. The molecule has 0 aromatic heterocycles. The van der Waals surface area contributed by atoms with Crippen molar-refractivity contribution in [2.24, 2.45) is 0 Å². The summed E-state index contributed by atoms with van der Waals surface area (Å²) >= 11 is 5.80. The molecule has 1 aliphatic rings. The van der Waals surface area contributed by atoms with E-state index in [1.165, 1.54) is 19.2 Å². The Morgan fingerprint density at radius 1 is 1.21 bits per heavy atom. The van der Waals surface area contributed by atoms with Crippen molar-refractivity contribution in [2.75, 3.05) is 13.7 Å². The molecule has 2 aromatic carbocycles. The van der Waals surface area contributed by atoms with Gasteiger partial charge < -0.3 is 9.84 Å². The zero-order chi connectivity index (χ0) is 21.2. The van der Waals surface area contributed by atoms with Gasteiger partial charge in [-0.25, -0.2) is 0 Å². The summed E-state index contributed by atoms with van der Waals surface area (Å²) in [6.07, 6.45) is -2.65. The van der Waals surface area contributed by atoms with E-state index in [0.29, 0.717) is 29.8 Å². The molecule has 0 saturated carbocycles. The standard InChI is InChI=1S/C21H21ClF3NO3/c1-29-15-6-4-5-13(11-15)19(26-10-3-2-7-18(26)20(27)28)14-8-9-17(22)16(12-14)21(23,24)25/h4-6,8-9,11-12,18-19H,2-3,7,10H2,1H3,(H,27,28). The molecule has 0 radical (unpaired) electrons. The van der Waals surface area contributed by atoms with E-state index in [1.807, 2.05) is 0 Å². The normalized spacial score (nSPS) is 19.0. The Balaban J connectivity index is 2.16. The predicted molar refractivity (Wildman–Crippen MR) is 103 cm³/mol. The number of hydrogen-bond donors (Lipinski definition) is 1. The highest BCUT2D eigenvalue weighted by Crippen LogP contribution is 2.40. The summed E-state index contributed by atoms with van der Waals surface area (Å²) in [5.41, 5.74) is 0.0597. The molecule has 8 heteroatoms.